The third kappa shape index (κ3) is 2.56. The van der Waals surface area contributed by atoms with Crippen molar-refractivity contribution in [3.63, 3.8) is 0 Å². The molecule has 1 amide bonds. The van der Waals surface area contributed by atoms with Gasteiger partial charge in [0.2, 0.25) is 5.91 Å². The summed E-state index contributed by atoms with van der Waals surface area (Å²) in [5.41, 5.74) is 0. The molecule has 2 N–H and O–H groups in total. The van der Waals surface area contributed by atoms with Crippen LogP contribution in [0.5, 0.6) is 0 Å². The Labute approximate surface area is 65.6 Å². The van der Waals surface area contributed by atoms with Crippen LogP contribution in [0.3, 0.4) is 0 Å². The summed E-state index contributed by atoms with van der Waals surface area (Å²) >= 11 is 0. The number of hydrogen-bond acceptors (Lipinski definition) is 3. The van der Waals surface area contributed by atoms with Gasteiger partial charge >= 0.3 is 0 Å². The van der Waals surface area contributed by atoms with Crippen LogP contribution >= 0.6 is 0 Å². The molecule has 1 rings (SSSR count). The Morgan fingerprint density at radius 2 is 2.64 bits per heavy atom. The fourth-order valence-corrected chi connectivity index (χ4v) is 1.13. The number of nitriles is 1. The number of amides is 1. The van der Waals surface area contributed by atoms with Crippen molar-refractivity contribution >= 4 is 5.91 Å². The van der Waals surface area contributed by atoms with Gasteiger partial charge in [0.1, 0.15) is 6.42 Å². The quantitative estimate of drug-likeness (QED) is 0.555. The summed E-state index contributed by atoms with van der Waals surface area (Å²) in [4.78, 5) is 10.8. The average Bonchev–Trinajstić information content (AvgIpc) is 2.40. The maximum Gasteiger partial charge on any atom is 0.234 e. The van der Waals surface area contributed by atoms with Crippen LogP contribution in [0.25, 0.3) is 0 Å². The SMILES string of the molecule is N#CCC(=O)NC1CCNC1. The van der Waals surface area contributed by atoms with E-state index < -0.39 is 0 Å². The van der Waals surface area contributed by atoms with E-state index >= 15 is 0 Å². The van der Waals surface area contributed by atoms with Gasteiger partial charge in [0.05, 0.1) is 6.07 Å². The molecule has 11 heavy (non-hydrogen) atoms. The maximum atomic E-state index is 10.8. The predicted molar refractivity (Wildman–Crippen MR) is 39.6 cm³/mol. The minimum absolute atomic E-state index is 0.0312. The highest BCUT2D eigenvalue weighted by atomic mass is 16.1. The van der Waals surface area contributed by atoms with E-state index in [4.69, 9.17) is 5.26 Å². The van der Waals surface area contributed by atoms with E-state index in [1.165, 1.54) is 0 Å². The van der Waals surface area contributed by atoms with Gasteiger partial charge < -0.3 is 10.6 Å². The topological polar surface area (TPSA) is 64.9 Å². The van der Waals surface area contributed by atoms with Crippen molar-refractivity contribution in [2.75, 3.05) is 13.1 Å². The molecule has 0 spiro atoms. The summed E-state index contributed by atoms with van der Waals surface area (Å²) in [6, 6.07) is 2.04. The Balaban J connectivity index is 2.19. The van der Waals surface area contributed by atoms with Crippen LogP contribution in [0.1, 0.15) is 12.8 Å². The first-order chi connectivity index (χ1) is 5.33. The van der Waals surface area contributed by atoms with Crippen molar-refractivity contribution in [3.8, 4) is 6.07 Å². The Morgan fingerprint density at radius 3 is 3.18 bits per heavy atom. The number of carbonyl (C=O) groups is 1. The lowest BCUT2D eigenvalue weighted by Crippen LogP contribution is -2.35. The zero-order chi connectivity index (χ0) is 8.10. The van der Waals surface area contributed by atoms with Gasteiger partial charge in [0.25, 0.3) is 0 Å². The van der Waals surface area contributed by atoms with E-state index in [1.54, 1.807) is 0 Å². The van der Waals surface area contributed by atoms with Crippen molar-refractivity contribution in [1.82, 2.24) is 10.6 Å². The molecule has 0 aliphatic carbocycles. The lowest BCUT2D eigenvalue weighted by atomic mass is 10.2. The number of carbonyl (C=O) groups excluding carboxylic acids is 1. The first-order valence-corrected chi connectivity index (χ1v) is 3.70. The van der Waals surface area contributed by atoms with Crippen molar-refractivity contribution in [1.29, 1.82) is 5.26 Å². The Kier molecular flexibility index (Phi) is 2.87. The summed E-state index contributed by atoms with van der Waals surface area (Å²) in [6.45, 7) is 1.79. The fraction of sp³-hybridized carbons (Fsp3) is 0.714. The van der Waals surface area contributed by atoms with Crippen molar-refractivity contribution < 1.29 is 4.79 Å². The van der Waals surface area contributed by atoms with E-state index in [2.05, 4.69) is 10.6 Å². The Bertz CT molecular complexity index is 179. The van der Waals surface area contributed by atoms with E-state index in [1.807, 2.05) is 6.07 Å². The fourth-order valence-electron chi connectivity index (χ4n) is 1.13. The molecule has 1 aliphatic heterocycles. The molecule has 4 heteroatoms. The Morgan fingerprint density at radius 1 is 1.82 bits per heavy atom. The molecule has 0 aromatic carbocycles. The minimum atomic E-state index is -0.166. The standard InChI is InChI=1S/C7H11N3O/c8-3-1-7(11)10-6-2-4-9-5-6/h6,9H,1-2,4-5H2,(H,10,11). The van der Waals surface area contributed by atoms with Crippen LogP contribution in [0.15, 0.2) is 0 Å². The van der Waals surface area contributed by atoms with Crippen LogP contribution in [-0.4, -0.2) is 25.0 Å². The highest BCUT2D eigenvalue weighted by Crippen LogP contribution is 1.96. The van der Waals surface area contributed by atoms with Gasteiger partial charge in [0, 0.05) is 12.6 Å². The molecule has 0 aromatic heterocycles. The first-order valence-electron chi connectivity index (χ1n) is 3.70. The van der Waals surface area contributed by atoms with E-state index in [0.29, 0.717) is 0 Å². The van der Waals surface area contributed by atoms with Crippen molar-refractivity contribution in [2.24, 2.45) is 0 Å². The second kappa shape index (κ2) is 3.94. The molecule has 0 aromatic rings. The van der Waals surface area contributed by atoms with Crippen LogP contribution in [-0.2, 0) is 4.79 Å². The highest BCUT2D eigenvalue weighted by Gasteiger charge is 2.15. The minimum Gasteiger partial charge on any atom is -0.351 e. The lowest BCUT2D eigenvalue weighted by molar-refractivity contribution is -0.120. The summed E-state index contributed by atoms with van der Waals surface area (Å²) < 4.78 is 0. The van der Waals surface area contributed by atoms with Gasteiger partial charge in [-0.1, -0.05) is 0 Å². The molecule has 1 atom stereocenters. The van der Waals surface area contributed by atoms with Gasteiger partial charge in [-0.3, -0.25) is 4.79 Å². The van der Waals surface area contributed by atoms with Crippen LogP contribution in [0.2, 0.25) is 0 Å². The zero-order valence-electron chi connectivity index (χ0n) is 6.26. The summed E-state index contributed by atoms with van der Waals surface area (Å²) in [6.07, 6.45) is 0.938. The molecule has 1 heterocycles. The molecule has 1 saturated heterocycles. The Hall–Kier alpha value is -1.08. The van der Waals surface area contributed by atoms with Gasteiger partial charge in [-0.05, 0) is 13.0 Å². The molecule has 60 valence electrons. The van der Waals surface area contributed by atoms with E-state index in [0.717, 1.165) is 19.5 Å². The molecule has 0 saturated carbocycles. The maximum absolute atomic E-state index is 10.8. The monoisotopic (exact) mass is 153 g/mol. The lowest BCUT2D eigenvalue weighted by Gasteiger charge is -2.08. The normalized spacial score (nSPS) is 22.6. The van der Waals surface area contributed by atoms with Crippen molar-refractivity contribution in [3.05, 3.63) is 0 Å². The molecule has 0 bridgehead atoms. The van der Waals surface area contributed by atoms with Crippen LogP contribution in [0, 0.1) is 11.3 Å². The molecule has 1 fully saturated rings. The molecule has 1 unspecified atom stereocenters. The van der Waals surface area contributed by atoms with Crippen LogP contribution < -0.4 is 10.6 Å². The number of nitrogens with zero attached hydrogens (tertiary/aromatic N) is 1. The molecule has 0 radical (unpaired) electrons. The van der Waals surface area contributed by atoms with Gasteiger partial charge in [-0.2, -0.15) is 5.26 Å². The smallest absolute Gasteiger partial charge is 0.234 e. The summed E-state index contributed by atoms with van der Waals surface area (Å²) in [5.74, 6) is -0.166. The number of rotatable bonds is 2. The van der Waals surface area contributed by atoms with E-state index in [9.17, 15) is 4.79 Å². The van der Waals surface area contributed by atoms with Crippen LogP contribution in [0.4, 0.5) is 0 Å². The molecular formula is C7H11N3O. The highest BCUT2D eigenvalue weighted by molar-refractivity contribution is 5.78. The van der Waals surface area contributed by atoms with Gasteiger partial charge in [-0.25, -0.2) is 0 Å². The largest absolute Gasteiger partial charge is 0.351 e. The van der Waals surface area contributed by atoms with Gasteiger partial charge in [-0.15, -0.1) is 0 Å². The average molecular weight is 153 g/mol. The third-order valence-corrected chi connectivity index (χ3v) is 1.67. The second-order valence-electron chi connectivity index (χ2n) is 2.59. The van der Waals surface area contributed by atoms with E-state index in [-0.39, 0.29) is 18.4 Å². The molecule has 4 nitrogen and oxygen atoms in total. The second-order valence-corrected chi connectivity index (χ2v) is 2.59. The van der Waals surface area contributed by atoms with Crippen molar-refractivity contribution in [2.45, 2.75) is 18.9 Å². The predicted octanol–water partition coefficient (Wildman–Crippen LogP) is -0.622. The number of hydrogen-bond donors (Lipinski definition) is 2. The summed E-state index contributed by atoms with van der Waals surface area (Å²) in [5, 5.41) is 14.1. The third-order valence-electron chi connectivity index (χ3n) is 1.67. The summed E-state index contributed by atoms with van der Waals surface area (Å²) in [7, 11) is 0. The number of nitrogens with one attached hydrogen (secondary N) is 2. The van der Waals surface area contributed by atoms with Gasteiger partial charge in [0.15, 0.2) is 0 Å². The molecular weight excluding hydrogens is 142 g/mol. The molecule has 1 aliphatic rings. The zero-order valence-corrected chi connectivity index (χ0v) is 6.26. The first kappa shape index (κ1) is 8.02.